The average Bonchev–Trinajstić information content (AvgIpc) is 3.03. The van der Waals surface area contributed by atoms with Gasteiger partial charge in [0.05, 0.1) is 29.6 Å². The van der Waals surface area contributed by atoms with Crippen molar-refractivity contribution in [3.63, 3.8) is 0 Å². The van der Waals surface area contributed by atoms with E-state index in [2.05, 4.69) is 20.5 Å². The van der Waals surface area contributed by atoms with E-state index in [4.69, 9.17) is 5.21 Å². The van der Waals surface area contributed by atoms with Crippen LogP contribution in [0.25, 0.3) is 11.3 Å². The lowest BCUT2D eigenvalue weighted by Gasteiger charge is -2.15. The van der Waals surface area contributed by atoms with Crippen molar-refractivity contribution in [1.82, 2.24) is 20.0 Å². The number of halogens is 6. The summed E-state index contributed by atoms with van der Waals surface area (Å²) in [5.41, 5.74) is -2.44. The van der Waals surface area contributed by atoms with Crippen molar-refractivity contribution in [2.75, 3.05) is 0 Å². The maximum atomic E-state index is 13.1. The van der Waals surface area contributed by atoms with Crippen molar-refractivity contribution in [2.24, 2.45) is 5.16 Å². The zero-order valence-corrected chi connectivity index (χ0v) is 14.3. The molecule has 3 rings (SSSR count). The van der Waals surface area contributed by atoms with E-state index in [1.54, 1.807) is 12.1 Å². The summed E-state index contributed by atoms with van der Waals surface area (Å²) in [5.74, 6) is 0. The van der Waals surface area contributed by atoms with E-state index in [0.717, 1.165) is 10.9 Å². The molecule has 0 saturated heterocycles. The summed E-state index contributed by atoms with van der Waals surface area (Å²) in [6.07, 6.45) is -6.10. The number of alkyl halides is 6. The van der Waals surface area contributed by atoms with Crippen LogP contribution in [0.15, 0.2) is 47.9 Å². The van der Waals surface area contributed by atoms with E-state index in [0.29, 0.717) is 17.7 Å². The first-order chi connectivity index (χ1) is 13.6. The van der Waals surface area contributed by atoms with E-state index >= 15 is 0 Å². The number of hydrogen-bond acceptors (Lipinski definition) is 5. The summed E-state index contributed by atoms with van der Waals surface area (Å²) < 4.78 is 79.5. The van der Waals surface area contributed by atoms with Crippen LogP contribution in [0.5, 0.6) is 0 Å². The Balaban J connectivity index is 2.11. The van der Waals surface area contributed by atoms with Gasteiger partial charge in [0, 0.05) is 18.0 Å². The molecule has 1 N–H and O–H groups in total. The second-order valence-corrected chi connectivity index (χ2v) is 5.88. The van der Waals surface area contributed by atoms with Crippen LogP contribution in [0.4, 0.5) is 26.3 Å². The molecule has 2 aromatic heterocycles. The number of rotatable bonds is 4. The van der Waals surface area contributed by atoms with Gasteiger partial charge in [0.2, 0.25) is 0 Å². The fourth-order valence-electron chi connectivity index (χ4n) is 2.66. The van der Waals surface area contributed by atoms with Gasteiger partial charge in [-0.1, -0.05) is 10.4 Å². The van der Waals surface area contributed by atoms with E-state index < -0.39 is 30.0 Å². The van der Waals surface area contributed by atoms with E-state index in [1.807, 2.05) is 0 Å². The fourth-order valence-corrected chi connectivity index (χ4v) is 2.66. The summed E-state index contributed by atoms with van der Waals surface area (Å²) >= 11 is 0. The molecule has 3 aromatic rings. The SMILES string of the molecule is ON=Cc1nnn(Cc2cc(C(F)(F)F)cc(C(F)(F)F)c2)c1-c1cccnc1. The lowest BCUT2D eigenvalue weighted by molar-refractivity contribution is -0.143. The number of nitrogens with zero attached hydrogens (tertiary/aromatic N) is 5. The monoisotopic (exact) mass is 415 g/mol. The molecule has 0 spiro atoms. The molecule has 12 heteroatoms. The first-order valence-corrected chi connectivity index (χ1v) is 7.89. The van der Waals surface area contributed by atoms with Gasteiger partial charge >= 0.3 is 12.4 Å². The molecule has 1 aromatic carbocycles. The molecular weight excluding hydrogens is 404 g/mol. The summed E-state index contributed by atoms with van der Waals surface area (Å²) in [6.45, 7) is -0.441. The zero-order chi connectivity index (χ0) is 21.2. The summed E-state index contributed by atoms with van der Waals surface area (Å²) in [6, 6.07) is 4.44. The molecule has 6 nitrogen and oxygen atoms in total. The first-order valence-electron chi connectivity index (χ1n) is 7.89. The molecule has 0 unspecified atom stereocenters. The minimum atomic E-state index is -4.96. The predicted molar refractivity (Wildman–Crippen MR) is 88.2 cm³/mol. The second kappa shape index (κ2) is 7.53. The molecular formula is C17H11F6N5O. The van der Waals surface area contributed by atoms with Crippen molar-refractivity contribution in [2.45, 2.75) is 18.9 Å². The van der Waals surface area contributed by atoms with E-state index in [-0.39, 0.29) is 23.0 Å². The van der Waals surface area contributed by atoms with Gasteiger partial charge < -0.3 is 5.21 Å². The standard InChI is InChI=1S/C17H11F6N5O/c18-16(19,20)12-4-10(5-13(6-12)17(21,22)23)9-28-15(11-2-1-3-24-7-11)14(8-25-29)26-27-28/h1-8,29H,9H2. The zero-order valence-electron chi connectivity index (χ0n) is 14.3. The predicted octanol–water partition coefficient (Wildman–Crippen LogP) is 4.23. The number of pyridine rings is 1. The van der Waals surface area contributed by atoms with Crippen LogP contribution >= 0.6 is 0 Å². The second-order valence-electron chi connectivity index (χ2n) is 5.88. The third kappa shape index (κ3) is 4.52. The lowest BCUT2D eigenvalue weighted by Crippen LogP contribution is -2.13. The van der Waals surface area contributed by atoms with Crippen molar-refractivity contribution in [1.29, 1.82) is 0 Å². The Hall–Kier alpha value is -3.44. The molecule has 0 aliphatic heterocycles. The Kier molecular flexibility index (Phi) is 5.27. The smallest absolute Gasteiger partial charge is 0.411 e. The highest BCUT2D eigenvalue weighted by Gasteiger charge is 2.37. The Bertz CT molecular complexity index is 995. The number of hydrogen-bond donors (Lipinski definition) is 1. The molecule has 0 fully saturated rings. The minimum Gasteiger partial charge on any atom is -0.411 e. The van der Waals surface area contributed by atoms with Crippen LogP contribution in [0.1, 0.15) is 22.4 Å². The molecule has 0 saturated carbocycles. The molecule has 29 heavy (non-hydrogen) atoms. The third-order valence-corrected chi connectivity index (χ3v) is 3.86. The lowest BCUT2D eigenvalue weighted by atomic mass is 10.0. The van der Waals surface area contributed by atoms with Crippen molar-refractivity contribution < 1.29 is 31.5 Å². The highest BCUT2D eigenvalue weighted by Crippen LogP contribution is 2.36. The maximum Gasteiger partial charge on any atom is 0.416 e. The van der Waals surface area contributed by atoms with Crippen LogP contribution in [-0.4, -0.2) is 31.4 Å². The average molecular weight is 415 g/mol. The van der Waals surface area contributed by atoms with Crippen molar-refractivity contribution >= 4 is 6.21 Å². The Morgan fingerprint density at radius 3 is 2.21 bits per heavy atom. The van der Waals surface area contributed by atoms with Crippen LogP contribution in [0.3, 0.4) is 0 Å². The van der Waals surface area contributed by atoms with Crippen molar-refractivity contribution in [3.05, 3.63) is 65.1 Å². The van der Waals surface area contributed by atoms with Crippen LogP contribution < -0.4 is 0 Å². The molecule has 152 valence electrons. The maximum absolute atomic E-state index is 13.1. The third-order valence-electron chi connectivity index (χ3n) is 3.86. The highest BCUT2D eigenvalue weighted by molar-refractivity contribution is 5.85. The Labute approximate surface area is 159 Å². The number of aromatic nitrogens is 4. The normalized spacial score (nSPS) is 12.6. The van der Waals surface area contributed by atoms with Crippen LogP contribution in [0.2, 0.25) is 0 Å². The van der Waals surface area contributed by atoms with Crippen molar-refractivity contribution in [3.8, 4) is 11.3 Å². The largest absolute Gasteiger partial charge is 0.416 e. The van der Waals surface area contributed by atoms with Gasteiger partial charge in [-0.3, -0.25) is 4.98 Å². The van der Waals surface area contributed by atoms with Gasteiger partial charge in [-0.05, 0) is 35.9 Å². The quantitative estimate of drug-likeness (QED) is 0.299. The number of benzene rings is 1. The van der Waals surface area contributed by atoms with Gasteiger partial charge in [0.25, 0.3) is 0 Å². The topological polar surface area (TPSA) is 76.2 Å². The molecule has 0 amide bonds. The summed E-state index contributed by atoms with van der Waals surface area (Å²) in [5, 5.41) is 19.1. The van der Waals surface area contributed by atoms with Gasteiger partial charge in [-0.25, -0.2) is 4.68 Å². The molecule has 0 bridgehead atoms. The Morgan fingerprint density at radius 1 is 1.03 bits per heavy atom. The summed E-state index contributed by atoms with van der Waals surface area (Å²) in [7, 11) is 0. The van der Waals surface area contributed by atoms with E-state index in [1.165, 1.54) is 12.4 Å². The molecule has 0 aliphatic rings. The highest BCUT2D eigenvalue weighted by atomic mass is 19.4. The molecule has 2 heterocycles. The van der Waals surface area contributed by atoms with Gasteiger partial charge in [-0.15, -0.1) is 5.10 Å². The van der Waals surface area contributed by atoms with Gasteiger partial charge in [-0.2, -0.15) is 26.3 Å². The number of oxime groups is 1. The van der Waals surface area contributed by atoms with Crippen LogP contribution in [0, 0.1) is 0 Å². The Morgan fingerprint density at radius 2 is 1.69 bits per heavy atom. The minimum absolute atomic E-state index is 0.0523. The molecule has 0 radical (unpaired) electrons. The fraction of sp³-hybridized carbons (Fsp3) is 0.176. The molecule has 0 aliphatic carbocycles. The summed E-state index contributed by atoms with van der Waals surface area (Å²) in [4.78, 5) is 3.91. The van der Waals surface area contributed by atoms with Gasteiger partial charge in [0.15, 0.2) is 0 Å². The first kappa shape index (κ1) is 20.3. The van der Waals surface area contributed by atoms with Gasteiger partial charge in [0.1, 0.15) is 5.69 Å². The van der Waals surface area contributed by atoms with Crippen LogP contribution in [-0.2, 0) is 18.9 Å². The van der Waals surface area contributed by atoms with E-state index in [9.17, 15) is 26.3 Å². The molecule has 0 atom stereocenters.